The van der Waals surface area contributed by atoms with Crippen molar-refractivity contribution < 1.29 is 13.2 Å². The van der Waals surface area contributed by atoms with Gasteiger partial charge in [-0.15, -0.1) is 0 Å². The maximum Gasteiger partial charge on any atom is 0.271 e. The monoisotopic (exact) mass is 317 g/mol. The van der Waals surface area contributed by atoms with E-state index in [0.717, 1.165) is 5.56 Å². The number of benzene rings is 2. The Hall–Kier alpha value is -2.51. The third kappa shape index (κ3) is 4.00. The molecule has 3 N–H and O–H groups in total. The van der Waals surface area contributed by atoms with Crippen molar-refractivity contribution in [1.82, 2.24) is 5.43 Å². The molecule has 0 saturated heterocycles. The van der Waals surface area contributed by atoms with Crippen LogP contribution in [0.4, 0.5) is 0 Å². The fourth-order valence-corrected chi connectivity index (χ4v) is 2.25. The maximum absolute atomic E-state index is 11.9. The van der Waals surface area contributed by atoms with E-state index in [1.165, 1.54) is 24.3 Å². The summed E-state index contributed by atoms with van der Waals surface area (Å²) in [6, 6.07) is 14.7. The minimum Gasteiger partial charge on any atom is -0.267 e. The molecular formula is C15H15N3O3S. The number of sulfonamides is 1. The van der Waals surface area contributed by atoms with Crippen molar-refractivity contribution in [3.8, 4) is 0 Å². The van der Waals surface area contributed by atoms with E-state index in [4.69, 9.17) is 5.14 Å². The molecule has 2 aromatic rings. The van der Waals surface area contributed by atoms with Gasteiger partial charge in [-0.3, -0.25) is 4.79 Å². The Morgan fingerprint density at radius 3 is 2.14 bits per heavy atom. The van der Waals surface area contributed by atoms with Crippen LogP contribution < -0.4 is 10.6 Å². The van der Waals surface area contributed by atoms with Crippen molar-refractivity contribution in [2.75, 3.05) is 0 Å². The summed E-state index contributed by atoms with van der Waals surface area (Å²) >= 11 is 0. The Balaban J connectivity index is 2.10. The molecule has 0 spiro atoms. The summed E-state index contributed by atoms with van der Waals surface area (Å²) in [7, 11) is -3.77. The summed E-state index contributed by atoms with van der Waals surface area (Å²) in [4.78, 5) is 11.9. The van der Waals surface area contributed by atoms with E-state index in [0.29, 0.717) is 5.71 Å². The zero-order chi connectivity index (χ0) is 16.2. The number of rotatable bonds is 4. The van der Waals surface area contributed by atoms with Gasteiger partial charge in [0.1, 0.15) is 0 Å². The number of amides is 1. The van der Waals surface area contributed by atoms with Crippen LogP contribution in [-0.2, 0) is 10.0 Å². The lowest BCUT2D eigenvalue weighted by atomic mass is 10.1. The molecule has 0 fully saturated rings. The summed E-state index contributed by atoms with van der Waals surface area (Å²) in [5, 5.41) is 9.01. The second-order valence-electron chi connectivity index (χ2n) is 4.57. The Bertz CT molecular complexity index is 798. The zero-order valence-corrected chi connectivity index (χ0v) is 12.7. The highest BCUT2D eigenvalue weighted by atomic mass is 32.2. The van der Waals surface area contributed by atoms with Crippen LogP contribution in [0.25, 0.3) is 0 Å². The molecule has 6 nitrogen and oxygen atoms in total. The molecule has 0 atom stereocenters. The summed E-state index contributed by atoms with van der Waals surface area (Å²) in [5.41, 5.74) is 4.27. The van der Waals surface area contributed by atoms with Gasteiger partial charge < -0.3 is 0 Å². The van der Waals surface area contributed by atoms with E-state index in [1.807, 2.05) is 30.3 Å². The molecule has 7 heteroatoms. The van der Waals surface area contributed by atoms with Gasteiger partial charge >= 0.3 is 0 Å². The SMILES string of the molecule is C/C(=N/NC(=O)c1ccc(S(N)(=O)=O)cc1)c1ccccc1. The first-order chi connectivity index (χ1) is 10.4. The Labute approximate surface area is 128 Å². The lowest BCUT2D eigenvalue weighted by Gasteiger charge is -2.04. The van der Waals surface area contributed by atoms with Crippen molar-refractivity contribution in [3.63, 3.8) is 0 Å². The van der Waals surface area contributed by atoms with Crippen molar-refractivity contribution in [2.24, 2.45) is 10.2 Å². The summed E-state index contributed by atoms with van der Waals surface area (Å²) in [6.45, 7) is 1.78. The molecule has 114 valence electrons. The standard InChI is InChI=1S/C15H15N3O3S/c1-11(12-5-3-2-4-6-12)17-18-15(19)13-7-9-14(10-8-13)22(16,20)21/h2-10H,1H3,(H,18,19)(H2,16,20,21)/b17-11-. The second-order valence-corrected chi connectivity index (χ2v) is 6.13. The second kappa shape index (κ2) is 6.50. The Morgan fingerprint density at radius 1 is 1.00 bits per heavy atom. The first-order valence-corrected chi connectivity index (χ1v) is 7.95. The summed E-state index contributed by atoms with van der Waals surface area (Å²) in [6.07, 6.45) is 0. The number of primary sulfonamides is 1. The fraction of sp³-hybridized carbons (Fsp3) is 0.0667. The smallest absolute Gasteiger partial charge is 0.267 e. The van der Waals surface area contributed by atoms with E-state index in [-0.39, 0.29) is 10.5 Å². The highest BCUT2D eigenvalue weighted by Gasteiger charge is 2.10. The number of carbonyl (C=O) groups excluding carboxylic acids is 1. The number of nitrogens with one attached hydrogen (secondary N) is 1. The molecule has 2 aromatic carbocycles. The van der Waals surface area contributed by atoms with Gasteiger partial charge in [-0.05, 0) is 36.8 Å². The molecule has 0 aliphatic carbocycles. The molecule has 0 radical (unpaired) electrons. The minimum atomic E-state index is -3.77. The molecule has 0 bridgehead atoms. The summed E-state index contributed by atoms with van der Waals surface area (Å²) < 4.78 is 22.3. The van der Waals surface area contributed by atoms with Crippen LogP contribution >= 0.6 is 0 Å². The van der Waals surface area contributed by atoms with Crippen LogP contribution in [0, 0.1) is 0 Å². The highest BCUT2D eigenvalue weighted by Crippen LogP contribution is 2.08. The maximum atomic E-state index is 11.9. The number of nitrogens with two attached hydrogens (primary N) is 1. The van der Waals surface area contributed by atoms with Crippen molar-refractivity contribution in [2.45, 2.75) is 11.8 Å². The number of hydrogen-bond acceptors (Lipinski definition) is 4. The molecule has 0 aromatic heterocycles. The van der Waals surface area contributed by atoms with Gasteiger partial charge in [-0.2, -0.15) is 5.10 Å². The van der Waals surface area contributed by atoms with Gasteiger partial charge in [0.25, 0.3) is 5.91 Å². The molecule has 22 heavy (non-hydrogen) atoms. The predicted molar refractivity (Wildman–Crippen MR) is 83.9 cm³/mol. The van der Waals surface area contributed by atoms with Crippen LogP contribution in [-0.4, -0.2) is 20.0 Å². The molecule has 2 rings (SSSR count). The van der Waals surface area contributed by atoms with Gasteiger partial charge in [-0.25, -0.2) is 19.0 Å². The average Bonchev–Trinajstić information content (AvgIpc) is 2.52. The normalized spacial score (nSPS) is 12.0. The van der Waals surface area contributed by atoms with E-state index in [1.54, 1.807) is 6.92 Å². The molecule has 0 unspecified atom stereocenters. The van der Waals surface area contributed by atoms with E-state index < -0.39 is 15.9 Å². The van der Waals surface area contributed by atoms with E-state index >= 15 is 0 Å². The van der Waals surface area contributed by atoms with Crippen LogP contribution in [0.1, 0.15) is 22.8 Å². The van der Waals surface area contributed by atoms with Gasteiger partial charge in [-0.1, -0.05) is 30.3 Å². The quantitative estimate of drug-likeness (QED) is 0.659. The molecule has 0 aliphatic rings. The molecular weight excluding hydrogens is 302 g/mol. The van der Waals surface area contributed by atoms with Crippen molar-refractivity contribution in [3.05, 3.63) is 65.7 Å². The van der Waals surface area contributed by atoms with Crippen molar-refractivity contribution in [1.29, 1.82) is 0 Å². The lowest BCUT2D eigenvalue weighted by molar-refractivity contribution is 0.0954. The predicted octanol–water partition coefficient (Wildman–Crippen LogP) is 1.49. The van der Waals surface area contributed by atoms with Gasteiger partial charge in [0.2, 0.25) is 10.0 Å². The topological polar surface area (TPSA) is 102 Å². The number of nitrogens with zero attached hydrogens (tertiary/aromatic N) is 1. The number of hydrogen-bond donors (Lipinski definition) is 2. The first kappa shape index (κ1) is 15.9. The third-order valence-corrected chi connectivity index (χ3v) is 3.89. The van der Waals surface area contributed by atoms with Gasteiger partial charge in [0, 0.05) is 5.56 Å². The van der Waals surface area contributed by atoms with Crippen LogP contribution in [0.3, 0.4) is 0 Å². The lowest BCUT2D eigenvalue weighted by Crippen LogP contribution is -2.19. The van der Waals surface area contributed by atoms with Gasteiger partial charge in [0.15, 0.2) is 0 Å². The van der Waals surface area contributed by atoms with Crippen molar-refractivity contribution >= 4 is 21.6 Å². The van der Waals surface area contributed by atoms with E-state index in [9.17, 15) is 13.2 Å². The fourth-order valence-electron chi connectivity index (χ4n) is 1.74. The first-order valence-electron chi connectivity index (χ1n) is 6.41. The number of hydrazone groups is 1. The van der Waals surface area contributed by atoms with Crippen LogP contribution in [0.2, 0.25) is 0 Å². The summed E-state index contributed by atoms with van der Waals surface area (Å²) in [5.74, 6) is -0.434. The Morgan fingerprint density at radius 2 is 1.59 bits per heavy atom. The largest absolute Gasteiger partial charge is 0.271 e. The molecule has 0 heterocycles. The highest BCUT2D eigenvalue weighted by molar-refractivity contribution is 7.89. The van der Waals surface area contributed by atoms with Gasteiger partial charge in [0.05, 0.1) is 10.6 Å². The Kier molecular flexibility index (Phi) is 4.69. The number of carbonyl (C=O) groups is 1. The molecule has 0 aliphatic heterocycles. The minimum absolute atomic E-state index is 0.0481. The third-order valence-electron chi connectivity index (χ3n) is 2.96. The van der Waals surface area contributed by atoms with Crippen LogP contribution in [0.5, 0.6) is 0 Å². The zero-order valence-electron chi connectivity index (χ0n) is 11.9. The van der Waals surface area contributed by atoms with E-state index in [2.05, 4.69) is 10.5 Å². The average molecular weight is 317 g/mol. The van der Waals surface area contributed by atoms with Crippen LogP contribution in [0.15, 0.2) is 64.6 Å². The molecule has 1 amide bonds. The molecule has 0 saturated carbocycles.